The second-order valence-electron chi connectivity index (χ2n) is 15.0. The predicted molar refractivity (Wildman–Crippen MR) is 206 cm³/mol. The number of aliphatic hydroxyl groups excluding tert-OH is 1. The molecule has 3 aliphatic rings. The molecule has 1 fully saturated rings. The number of anilines is 2. The minimum absolute atomic E-state index is 0.0598. The number of aliphatic hydroxyl groups is 1. The third kappa shape index (κ3) is 6.89. The van der Waals surface area contributed by atoms with Gasteiger partial charge in [-0.15, -0.1) is 0 Å². The first-order valence-corrected chi connectivity index (χ1v) is 21.2. The van der Waals surface area contributed by atoms with E-state index in [2.05, 4.69) is 5.32 Å². The van der Waals surface area contributed by atoms with E-state index in [-0.39, 0.29) is 49.2 Å². The molecule has 286 valence electrons. The van der Waals surface area contributed by atoms with E-state index in [1.807, 2.05) is 24.3 Å². The van der Waals surface area contributed by atoms with Gasteiger partial charge in [-0.25, -0.2) is 0 Å². The zero-order valence-electron chi connectivity index (χ0n) is 31.0. The van der Waals surface area contributed by atoms with Crippen molar-refractivity contribution in [3.05, 3.63) is 129 Å². The molecule has 0 unspecified atom stereocenters. The van der Waals surface area contributed by atoms with Gasteiger partial charge in [0.25, 0.3) is 17.5 Å². The lowest BCUT2D eigenvalue weighted by Crippen LogP contribution is -2.48. The SMILES string of the molecule is COc1ccc(C(=O)Nc2ccc(CN3C(=O)[C@@]4(O[C@@H](CC(=O)N5Cc6ccccc6C[C@H]5CO)[C@H]([Si](C)(C)F)[C@H]4C)c4cc([N+](=O)[O-])ccc43)cc2)cc1. The largest absolute Gasteiger partial charge is 0.497 e. The van der Waals surface area contributed by atoms with Gasteiger partial charge in [-0.05, 0) is 78.7 Å². The minimum Gasteiger partial charge on any atom is -0.497 e. The molecule has 14 heteroatoms. The molecule has 1 saturated heterocycles. The number of fused-ring (bicyclic) bond motifs is 3. The van der Waals surface area contributed by atoms with E-state index < -0.39 is 48.4 Å². The number of methoxy groups -OCH3 is 1. The number of nitrogens with zero attached hydrogens (tertiary/aromatic N) is 3. The van der Waals surface area contributed by atoms with Gasteiger partial charge in [-0.1, -0.05) is 43.3 Å². The van der Waals surface area contributed by atoms with E-state index in [9.17, 15) is 29.6 Å². The van der Waals surface area contributed by atoms with Crippen LogP contribution in [-0.4, -0.2) is 66.9 Å². The molecule has 55 heavy (non-hydrogen) atoms. The number of halogens is 1. The molecule has 0 aromatic heterocycles. The number of nitrogens with one attached hydrogen (secondary N) is 1. The van der Waals surface area contributed by atoms with Gasteiger partial charge in [-0.3, -0.25) is 24.5 Å². The van der Waals surface area contributed by atoms with Crippen LogP contribution in [0.15, 0.2) is 91.0 Å². The lowest BCUT2D eigenvalue weighted by Gasteiger charge is -2.37. The van der Waals surface area contributed by atoms with Gasteiger partial charge in [-0.2, -0.15) is 0 Å². The number of ether oxygens (including phenoxy) is 2. The molecule has 3 aliphatic heterocycles. The number of nitro benzene ring substituents is 1. The van der Waals surface area contributed by atoms with Crippen LogP contribution in [-0.2, 0) is 39.4 Å². The molecular weight excluding hydrogens is 724 g/mol. The third-order valence-corrected chi connectivity index (χ3v) is 13.8. The molecule has 1 spiro atoms. The van der Waals surface area contributed by atoms with Gasteiger partial charge >= 0.3 is 0 Å². The van der Waals surface area contributed by atoms with Crippen LogP contribution in [0.4, 0.5) is 21.2 Å². The number of carbonyl (C=O) groups excluding carboxylic acids is 3. The number of amides is 3. The third-order valence-electron chi connectivity index (χ3n) is 11.3. The van der Waals surface area contributed by atoms with E-state index >= 15 is 4.11 Å². The zero-order chi connectivity index (χ0) is 39.2. The summed E-state index contributed by atoms with van der Waals surface area (Å²) in [4.78, 5) is 56.4. The summed E-state index contributed by atoms with van der Waals surface area (Å²) in [5.74, 6) is -1.28. The van der Waals surface area contributed by atoms with Crippen molar-refractivity contribution in [2.24, 2.45) is 5.92 Å². The Kier molecular flexibility index (Phi) is 10.1. The van der Waals surface area contributed by atoms with Crippen LogP contribution in [0.2, 0.25) is 18.6 Å². The first-order chi connectivity index (χ1) is 26.2. The maximum atomic E-state index is 16.5. The molecular formula is C41H43FN4O8Si. The summed E-state index contributed by atoms with van der Waals surface area (Å²) < 4.78 is 28.4. The van der Waals surface area contributed by atoms with Gasteiger partial charge in [0.15, 0.2) is 5.60 Å². The maximum absolute atomic E-state index is 16.5. The molecule has 12 nitrogen and oxygen atoms in total. The van der Waals surface area contributed by atoms with Crippen molar-refractivity contribution in [2.45, 2.75) is 69.2 Å². The lowest BCUT2D eigenvalue weighted by atomic mass is 9.82. The Bertz CT molecular complexity index is 2140. The van der Waals surface area contributed by atoms with Crippen molar-refractivity contribution < 1.29 is 38.0 Å². The number of nitro groups is 1. The summed E-state index contributed by atoms with van der Waals surface area (Å²) in [5.41, 5.74) is 1.51. The number of carbonyl (C=O) groups is 3. The molecule has 7 rings (SSSR count). The number of rotatable bonds is 10. The smallest absolute Gasteiger partial charge is 0.269 e. The van der Waals surface area contributed by atoms with Crippen LogP contribution < -0.4 is 15.0 Å². The van der Waals surface area contributed by atoms with Crippen molar-refractivity contribution in [1.29, 1.82) is 0 Å². The Morgan fingerprint density at radius 2 is 1.75 bits per heavy atom. The quantitative estimate of drug-likeness (QED) is 0.0803. The molecule has 3 heterocycles. The topological polar surface area (TPSA) is 152 Å². The van der Waals surface area contributed by atoms with Gasteiger partial charge in [0.2, 0.25) is 14.3 Å². The highest BCUT2D eigenvalue weighted by atomic mass is 28.4. The summed E-state index contributed by atoms with van der Waals surface area (Å²) in [6, 6.07) is 25.1. The Balaban J connectivity index is 1.17. The van der Waals surface area contributed by atoms with Crippen LogP contribution in [0.5, 0.6) is 5.75 Å². The molecule has 5 atom stereocenters. The highest BCUT2D eigenvalue weighted by Crippen LogP contribution is 2.60. The van der Waals surface area contributed by atoms with Crippen molar-refractivity contribution in [3.63, 3.8) is 0 Å². The van der Waals surface area contributed by atoms with Crippen molar-refractivity contribution in [1.82, 2.24) is 4.90 Å². The zero-order valence-corrected chi connectivity index (χ0v) is 32.0. The Morgan fingerprint density at radius 3 is 2.38 bits per heavy atom. The molecule has 2 N–H and O–H groups in total. The summed E-state index contributed by atoms with van der Waals surface area (Å²) >= 11 is 0. The van der Waals surface area contributed by atoms with Crippen molar-refractivity contribution >= 4 is 43.2 Å². The van der Waals surface area contributed by atoms with Gasteiger partial charge in [0.1, 0.15) is 5.75 Å². The number of benzene rings is 4. The average Bonchev–Trinajstić information content (AvgIpc) is 3.60. The second-order valence-corrected chi connectivity index (χ2v) is 18.8. The highest BCUT2D eigenvalue weighted by molar-refractivity contribution is 6.72. The molecule has 0 saturated carbocycles. The summed E-state index contributed by atoms with van der Waals surface area (Å²) in [5, 5.41) is 25.2. The normalized spacial score (nSPS) is 23.1. The van der Waals surface area contributed by atoms with Crippen molar-refractivity contribution in [2.75, 3.05) is 23.9 Å². The fourth-order valence-corrected chi connectivity index (χ4v) is 11.2. The predicted octanol–water partition coefficient (Wildman–Crippen LogP) is 6.51. The fraction of sp³-hybridized carbons (Fsp3) is 0.341. The summed E-state index contributed by atoms with van der Waals surface area (Å²) in [6.45, 7) is 4.88. The molecule has 0 radical (unpaired) electrons. The minimum atomic E-state index is -3.67. The van der Waals surface area contributed by atoms with E-state index in [0.717, 1.165) is 11.1 Å². The molecule has 0 aliphatic carbocycles. The van der Waals surface area contributed by atoms with Crippen LogP contribution in [0.3, 0.4) is 0 Å². The maximum Gasteiger partial charge on any atom is 0.269 e. The molecule has 0 bridgehead atoms. The average molecular weight is 767 g/mol. The molecule has 4 aromatic carbocycles. The Morgan fingerprint density at radius 1 is 1.05 bits per heavy atom. The van der Waals surface area contributed by atoms with E-state index in [0.29, 0.717) is 34.7 Å². The number of hydrogen-bond acceptors (Lipinski definition) is 8. The second kappa shape index (κ2) is 14.7. The number of non-ortho nitro benzene ring substituents is 1. The monoisotopic (exact) mass is 766 g/mol. The standard InChI is InChI=1S/C41H43FN4O8Si/c1-25-38(55(3,4)42)36(21-37(48)44-23-29-8-6-5-7-28(29)19-32(44)24-47)54-41(25)34-20-31(46(51)52)15-18-35(34)45(40(41)50)22-26-9-13-30(14-10-26)43-39(49)27-11-16-33(53-2)17-12-27/h5-18,20,25,32,36,38,47H,19,21-24H2,1-4H3,(H,43,49)/t25-,32+,36+,38-,41+/m1/s1. The van der Waals surface area contributed by atoms with Crippen LogP contribution >= 0.6 is 0 Å². The Hall–Kier alpha value is -5.44. The first kappa shape index (κ1) is 37.9. The van der Waals surface area contributed by atoms with Crippen LogP contribution in [0.25, 0.3) is 0 Å². The fourth-order valence-electron chi connectivity index (χ4n) is 8.66. The number of hydrogen-bond donors (Lipinski definition) is 2. The Labute approximate surface area is 319 Å². The molecule has 3 amide bonds. The molecule has 4 aromatic rings. The van der Waals surface area contributed by atoms with Gasteiger partial charge in [0, 0.05) is 47.0 Å². The van der Waals surface area contributed by atoms with Crippen molar-refractivity contribution in [3.8, 4) is 5.75 Å². The first-order valence-electron chi connectivity index (χ1n) is 18.2. The van der Waals surface area contributed by atoms with Crippen LogP contribution in [0.1, 0.15) is 46.0 Å². The van der Waals surface area contributed by atoms with E-state index in [1.165, 1.54) is 36.2 Å². The van der Waals surface area contributed by atoms with E-state index in [1.54, 1.807) is 67.5 Å². The summed E-state index contributed by atoms with van der Waals surface area (Å²) in [7, 11) is -2.12. The highest BCUT2D eigenvalue weighted by Gasteiger charge is 2.67. The van der Waals surface area contributed by atoms with Gasteiger partial charge < -0.3 is 33.8 Å². The summed E-state index contributed by atoms with van der Waals surface area (Å²) in [6.07, 6.45) is -0.760. The lowest BCUT2D eigenvalue weighted by molar-refractivity contribution is -0.385. The van der Waals surface area contributed by atoms with Gasteiger partial charge in [0.05, 0.1) is 49.4 Å². The van der Waals surface area contributed by atoms with E-state index in [4.69, 9.17) is 9.47 Å². The van der Waals surface area contributed by atoms with Crippen LogP contribution in [0, 0.1) is 16.0 Å².